The van der Waals surface area contributed by atoms with Crippen LogP contribution in [-0.2, 0) is 11.2 Å². The Morgan fingerprint density at radius 1 is 1.23 bits per heavy atom. The van der Waals surface area contributed by atoms with E-state index in [9.17, 15) is 14.7 Å². The Morgan fingerprint density at radius 3 is 2.36 bits per heavy atom. The van der Waals surface area contributed by atoms with Gasteiger partial charge >= 0.3 is 12.0 Å². The normalized spacial score (nSPS) is 22.9. The lowest BCUT2D eigenvalue weighted by atomic mass is 9.92. The van der Waals surface area contributed by atoms with E-state index in [0.29, 0.717) is 31.3 Å². The number of hydrogen-bond acceptors (Lipinski definition) is 2. The van der Waals surface area contributed by atoms with E-state index in [1.807, 2.05) is 30.3 Å². The van der Waals surface area contributed by atoms with E-state index in [-0.39, 0.29) is 6.03 Å². The van der Waals surface area contributed by atoms with Gasteiger partial charge in [-0.3, -0.25) is 0 Å². The number of amides is 2. The van der Waals surface area contributed by atoms with Crippen molar-refractivity contribution in [2.75, 3.05) is 13.1 Å². The van der Waals surface area contributed by atoms with E-state index in [0.717, 1.165) is 12.0 Å². The molecular weight excluding hydrogens is 280 g/mol. The number of benzene rings is 1. The van der Waals surface area contributed by atoms with E-state index in [2.05, 4.69) is 19.2 Å². The molecule has 1 aromatic carbocycles. The first kappa shape index (κ1) is 16.3. The Labute approximate surface area is 131 Å². The molecule has 1 aromatic rings. The van der Waals surface area contributed by atoms with Gasteiger partial charge in [0.15, 0.2) is 0 Å². The summed E-state index contributed by atoms with van der Waals surface area (Å²) in [5, 5.41) is 12.0. The average molecular weight is 304 g/mol. The van der Waals surface area contributed by atoms with Gasteiger partial charge in [0.05, 0.1) is 0 Å². The number of urea groups is 1. The summed E-state index contributed by atoms with van der Waals surface area (Å²) >= 11 is 0. The van der Waals surface area contributed by atoms with Crippen LogP contribution in [-0.4, -0.2) is 41.1 Å². The van der Waals surface area contributed by atoms with Gasteiger partial charge in [-0.05, 0) is 23.8 Å². The number of piperidine rings is 1. The van der Waals surface area contributed by atoms with Gasteiger partial charge in [0, 0.05) is 19.5 Å². The van der Waals surface area contributed by atoms with E-state index in [1.165, 1.54) is 0 Å². The third kappa shape index (κ3) is 4.48. The molecule has 5 heteroatoms. The number of carboxylic acid groups (broad SMARTS) is 1. The summed E-state index contributed by atoms with van der Waals surface area (Å²) in [6.45, 7) is 5.62. The smallest absolute Gasteiger partial charge is 0.326 e. The van der Waals surface area contributed by atoms with E-state index >= 15 is 0 Å². The molecule has 2 amide bonds. The molecule has 2 N–H and O–H groups in total. The Hall–Kier alpha value is -2.04. The molecule has 1 fully saturated rings. The summed E-state index contributed by atoms with van der Waals surface area (Å²) < 4.78 is 0. The average Bonchev–Trinajstić information content (AvgIpc) is 2.46. The molecule has 2 rings (SSSR count). The minimum absolute atomic E-state index is 0.276. The van der Waals surface area contributed by atoms with Crippen LogP contribution in [0.4, 0.5) is 4.79 Å². The lowest BCUT2D eigenvalue weighted by molar-refractivity contribution is -0.139. The molecule has 0 radical (unpaired) electrons. The molecule has 0 spiro atoms. The molecule has 1 aliphatic heterocycles. The third-order valence-corrected chi connectivity index (χ3v) is 4.03. The number of aliphatic carboxylic acids is 1. The summed E-state index contributed by atoms with van der Waals surface area (Å²) in [5.74, 6) is -0.103. The van der Waals surface area contributed by atoms with Crippen molar-refractivity contribution in [3.63, 3.8) is 0 Å². The van der Waals surface area contributed by atoms with Crippen LogP contribution >= 0.6 is 0 Å². The molecular formula is C17H24N2O3. The zero-order valence-electron chi connectivity index (χ0n) is 13.2. The number of hydrogen-bond donors (Lipinski definition) is 2. The van der Waals surface area contributed by atoms with Crippen LogP contribution in [0.15, 0.2) is 30.3 Å². The molecule has 1 saturated heterocycles. The summed E-state index contributed by atoms with van der Waals surface area (Å²) in [6, 6.07) is 8.17. The summed E-state index contributed by atoms with van der Waals surface area (Å²) in [6.07, 6.45) is 1.40. The number of carboxylic acids is 1. The van der Waals surface area contributed by atoms with E-state index < -0.39 is 12.0 Å². The predicted octanol–water partition coefficient (Wildman–Crippen LogP) is 2.37. The fourth-order valence-electron chi connectivity index (χ4n) is 3.12. The van der Waals surface area contributed by atoms with Crippen molar-refractivity contribution in [3.8, 4) is 0 Å². The van der Waals surface area contributed by atoms with Gasteiger partial charge in [-0.15, -0.1) is 0 Å². The van der Waals surface area contributed by atoms with Gasteiger partial charge in [0.25, 0.3) is 0 Å². The van der Waals surface area contributed by atoms with Gasteiger partial charge in [-0.25, -0.2) is 9.59 Å². The maximum atomic E-state index is 12.3. The second-order valence-corrected chi connectivity index (χ2v) is 6.38. The molecule has 120 valence electrons. The van der Waals surface area contributed by atoms with Crippen molar-refractivity contribution < 1.29 is 14.7 Å². The quantitative estimate of drug-likeness (QED) is 0.897. The molecule has 0 aromatic heterocycles. The van der Waals surface area contributed by atoms with Gasteiger partial charge in [0.2, 0.25) is 0 Å². The standard InChI is InChI=1S/C17H24N2O3/c1-12-8-13(2)11-19(10-12)17(22)18-15(16(20)21)9-14-6-4-3-5-7-14/h3-7,12-13,15H,8-11H2,1-2H3,(H,18,22)(H,20,21)/t12-,13-,15+/m1/s1. The highest BCUT2D eigenvalue weighted by Crippen LogP contribution is 2.21. The Kier molecular flexibility index (Phi) is 5.41. The Bertz CT molecular complexity index is 508. The first-order valence-corrected chi connectivity index (χ1v) is 7.78. The topological polar surface area (TPSA) is 69.6 Å². The summed E-state index contributed by atoms with van der Waals surface area (Å²) in [5.41, 5.74) is 0.899. The molecule has 3 atom stereocenters. The fourth-order valence-corrected chi connectivity index (χ4v) is 3.12. The van der Waals surface area contributed by atoms with Gasteiger partial charge < -0.3 is 15.3 Å². The highest BCUT2D eigenvalue weighted by molar-refractivity contribution is 5.82. The molecule has 1 heterocycles. The van der Waals surface area contributed by atoms with Crippen LogP contribution < -0.4 is 5.32 Å². The van der Waals surface area contributed by atoms with Crippen molar-refractivity contribution in [2.45, 2.75) is 32.7 Å². The van der Waals surface area contributed by atoms with Crippen molar-refractivity contribution in [1.29, 1.82) is 0 Å². The van der Waals surface area contributed by atoms with Crippen molar-refractivity contribution in [3.05, 3.63) is 35.9 Å². The van der Waals surface area contributed by atoms with Crippen LogP contribution in [0.5, 0.6) is 0 Å². The SMILES string of the molecule is C[C@@H]1C[C@@H](C)CN(C(=O)N[C@@H](Cc2ccccc2)C(=O)O)C1. The second kappa shape index (κ2) is 7.29. The largest absolute Gasteiger partial charge is 0.480 e. The van der Waals surface area contributed by atoms with Crippen LogP contribution in [0.3, 0.4) is 0 Å². The molecule has 0 unspecified atom stereocenters. The Morgan fingerprint density at radius 2 is 1.82 bits per heavy atom. The van der Waals surface area contributed by atoms with Crippen LogP contribution in [0.1, 0.15) is 25.8 Å². The zero-order valence-corrected chi connectivity index (χ0v) is 13.2. The third-order valence-electron chi connectivity index (χ3n) is 4.03. The Balaban J connectivity index is 1.98. The maximum absolute atomic E-state index is 12.3. The minimum Gasteiger partial charge on any atom is -0.480 e. The number of rotatable bonds is 4. The number of carbonyl (C=O) groups excluding carboxylic acids is 1. The lowest BCUT2D eigenvalue weighted by Gasteiger charge is -2.35. The monoisotopic (exact) mass is 304 g/mol. The van der Waals surface area contributed by atoms with Crippen LogP contribution in [0.2, 0.25) is 0 Å². The second-order valence-electron chi connectivity index (χ2n) is 6.38. The predicted molar refractivity (Wildman–Crippen MR) is 84.6 cm³/mol. The molecule has 0 bridgehead atoms. The summed E-state index contributed by atoms with van der Waals surface area (Å²) in [4.78, 5) is 25.5. The first-order valence-electron chi connectivity index (χ1n) is 7.78. The first-order chi connectivity index (χ1) is 10.5. The van der Waals surface area contributed by atoms with Crippen LogP contribution in [0.25, 0.3) is 0 Å². The maximum Gasteiger partial charge on any atom is 0.326 e. The van der Waals surface area contributed by atoms with Gasteiger partial charge in [-0.1, -0.05) is 44.2 Å². The fraction of sp³-hybridized carbons (Fsp3) is 0.529. The molecule has 0 saturated carbocycles. The van der Waals surface area contributed by atoms with Crippen LogP contribution in [0, 0.1) is 11.8 Å². The number of nitrogens with one attached hydrogen (secondary N) is 1. The number of carbonyl (C=O) groups is 2. The van der Waals surface area contributed by atoms with Gasteiger partial charge in [-0.2, -0.15) is 0 Å². The van der Waals surface area contributed by atoms with E-state index in [1.54, 1.807) is 4.90 Å². The molecule has 1 aliphatic rings. The van der Waals surface area contributed by atoms with Crippen molar-refractivity contribution in [1.82, 2.24) is 10.2 Å². The lowest BCUT2D eigenvalue weighted by Crippen LogP contribution is -2.52. The molecule has 22 heavy (non-hydrogen) atoms. The van der Waals surface area contributed by atoms with Gasteiger partial charge in [0.1, 0.15) is 6.04 Å². The molecule has 5 nitrogen and oxygen atoms in total. The van der Waals surface area contributed by atoms with Crippen molar-refractivity contribution in [2.24, 2.45) is 11.8 Å². The zero-order chi connectivity index (χ0) is 16.1. The van der Waals surface area contributed by atoms with Crippen molar-refractivity contribution >= 4 is 12.0 Å². The minimum atomic E-state index is -1.00. The molecule has 0 aliphatic carbocycles. The highest BCUT2D eigenvalue weighted by atomic mass is 16.4. The number of likely N-dealkylation sites (tertiary alicyclic amines) is 1. The number of nitrogens with zero attached hydrogens (tertiary/aromatic N) is 1. The highest BCUT2D eigenvalue weighted by Gasteiger charge is 2.28. The van der Waals surface area contributed by atoms with E-state index in [4.69, 9.17) is 0 Å². The summed E-state index contributed by atoms with van der Waals surface area (Å²) in [7, 11) is 0.